The van der Waals surface area contributed by atoms with Crippen molar-refractivity contribution in [2.24, 2.45) is 7.05 Å². The number of aryl methyl sites for hydroxylation is 2. The summed E-state index contributed by atoms with van der Waals surface area (Å²) in [5.74, 6) is 0.684. The van der Waals surface area contributed by atoms with E-state index < -0.39 is 0 Å². The number of aromatic nitrogens is 2. The minimum atomic E-state index is 0.336. The van der Waals surface area contributed by atoms with Crippen LogP contribution in [0.4, 0.5) is 0 Å². The predicted octanol–water partition coefficient (Wildman–Crippen LogP) is 1.16. The Kier molecular flexibility index (Phi) is 2.34. The molecule has 1 rings (SSSR count). The highest BCUT2D eigenvalue weighted by Crippen LogP contribution is 2.21. The Bertz CT molecular complexity index is 322. The van der Waals surface area contributed by atoms with E-state index in [-0.39, 0.29) is 0 Å². The topological polar surface area (TPSA) is 31.4 Å². The zero-order valence-electron chi connectivity index (χ0n) is 7.46. The number of ether oxygens (including phenoxy) is 1. The van der Waals surface area contributed by atoms with Crippen molar-refractivity contribution < 1.29 is 4.74 Å². The zero-order chi connectivity index (χ0) is 9.14. The summed E-state index contributed by atoms with van der Waals surface area (Å²) >= 11 is 0. The van der Waals surface area contributed by atoms with Gasteiger partial charge in [0.25, 0.3) is 0 Å². The first-order valence-electron chi connectivity index (χ1n) is 3.60. The minimum absolute atomic E-state index is 0.336. The largest absolute Gasteiger partial charge is 0.481 e. The Morgan fingerprint density at radius 2 is 2.33 bits per heavy atom. The second-order valence-electron chi connectivity index (χ2n) is 2.51. The number of methoxy groups -OCH3 is 1. The molecule has 4 nitrogen and oxygen atoms in total. The van der Waals surface area contributed by atoms with Crippen LogP contribution < -0.4 is 4.74 Å². The maximum absolute atomic E-state index is 6.75. The molecule has 0 atom stereocenters. The van der Waals surface area contributed by atoms with Gasteiger partial charge >= 0.3 is 0 Å². The van der Waals surface area contributed by atoms with Crippen LogP contribution in [0.1, 0.15) is 11.3 Å². The zero-order valence-corrected chi connectivity index (χ0v) is 7.46. The second-order valence-corrected chi connectivity index (χ2v) is 2.51. The molecular weight excluding hydrogens is 154 g/mol. The average molecular weight is 165 g/mol. The van der Waals surface area contributed by atoms with E-state index in [0.717, 1.165) is 11.3 Å². The molecule has 0 spiro atoms. The Morgan fingerprint density at radius 1 is 1.67 bits per heavy atom. The van der Waals surface area contributed by atoms with Crippen molar-refractivity contribution in [2.75, 3.05) is 7.11 Å². The summed E-state index contributed by atoms with van der Waals surface area (Å²) in [6.07, 6.45) is 0. The fourth-order valence-electron chi connectivity index (χ4n) is 1.20. The fraction of sp³-hybridized carbons (Fsp3) is 0.500. The molecule has 0 aliphatic carbocycles. The summed E-state index contributed by atoms with van der Waals surface area (Å²) in [6.45, 7) is 8.96. The molecular formula is C8H11N3O. The molecule has 1 heterocycles. The smallest absolute Gasteiger partial charge is 0.246 e. The average Bonchev–Trinajstić information content (AvgIpc) is 2.28. The van der Waals surface area contributed by atoms with Crippen molar-refractivity contribution in [1.82, 2.24) is 9.78 Å². The van der Waals surface area contributed by atoms with Gasteiger partial charge in [0.2, 0.25) is 12.4 Å². The van der Waals surface area contributed by atoms with Gasteiger partial charge in [-0.05, 0) is 6.92 Å². The Labute approximate surface area is 71.6 Å². The van der Waals surface area contributed by atoms with E-state index in [0.29, 0.717) is 12.4 Å². The van der Waals surface area contributed by atoms with E-state index in [1.54, 1.807) is 18.8 Å². The first-order valence-corrected chi connectivity index (χ1v) is 3.60. The van der Waals surface area contributed by atoms with Crippen LogP contribution in [-0.2, 0) is 13.6 Å². The first kappa shape index (κ1) is 8.60. The van der Waals surface area contributed by atoms with Crippen LogP contribution in [0.25, 0.3) is 4.85 Å². The highest BCUT2D eigenvalue weighted by Gasteiger charge is 2.15. The molecule has 0 aliphatic heterocycles. The van der Waals surface area contributed by atoms with Crippen LogP contribution in [0.15, 0.2) is 0 Å². The molecule has 0 fully saturated rings. The van der Waals surface area contributed by atoms with Gasteiger partial charge in [-0.2, -0.15) is 5.10 Å². The van der Waals surface area contributed by atoms with Crippen LogP contribution in [-0.4, -0.2) is 16.9 Å². The molecule has 12 heavy (non-hydrogen) atoms. The maximum atomic E-state index is 6.75. The van der Waals surface area contributed by atoms with E-state index in [9.17, 15) is 0 Å². The lowest BCUT2D eigenvalue weighted by Gasteiger charge is -1.99. The summed E-state index contributed by atoms with van der Waals surface area (Å²) in [6, 6.07) is 0. The summed E-state index contributed by atoms with van der Waals surface area (Å²) in [5.41, 5.74) is 1.75. The third-order valence-corrected chi connectivity index (χ3v) is 1.72. The van der Waals surface area contributed by atoms with Crippen LogP contribution >= 0.6 is 0 Å². The SMILES string of the molecule is [C-]#[N+]Cc1c(C)nn(C)c1OC. The van der Waals surface area contributed by atoms with E-state index in [2.05, 4.69) is 9.94 Å². The Balaban J connectivity index is 3.15. The molecule has 0 unspecified atom stereocenters. The third-order valence-electron chi connectivity index (χ3n) is 1.72. The van der Waals surface area contributed by atoms with Crippen molar-refractivity contribution in [2.45, 2.75) is 13.5 Å². The van der Waals surface area contributed by atoms with Crippen molar-refractivity contribution in [1.29, 1.82) is 0 Å². The molecule has 0 saturated carbocycles. The van der Waals surface area contributed by atoms with Crippen LogP contribution in [0.2, 0.25) is 0 Å². The van der Waals surface area contributed by atoms with Gasteiger partial charge in [0, 0.05) is 7.05 Å². The van der Waals surface area contributed by atoms with Crippen LogP contribution in [0, 0.1) is 13.5 Å². The molecule has 64 valence electrons. The van der Waals surface area contributed by atoms with E-state index in [1.807, 2.05) is 6.92 Å². The van der Waals surface area contributed by atoms with Crippen molar-refractivity contribution >= 4 is 0 Å². The van der Waals surface area contributed by atoms with Crippen LogP contribution in [0.3, 0.4) is 0 Å². The van der Waals surface area contributed by atoms with Gasteiger partial charge in [-0.3, -0.25) is 0 Å². The number of hydrogen-bond acceptors (Lipinski definition) is 2. The molecule has 0 amide bonds. The first-order chi connectivity index (χ1) is 5.70. The summed E-state index contributed by atoms with van der Waals surface area (Å²) in [7, 11) is 3.39. The summed E-state index contributed by atoms with van der Waals surface area (Å²) < 4.78 is 6.76. The molecule has 0 N–H and O–H groups in total. The summed E-state index contributed by atoms with van der Waals surface area (Å²) in [4.78, 5) is 3.31. The van der Waals surface area contributed by atoms with Gasteiger partial charge in [-0.15, -0.1) is 0 Å². The standard InChI is InChI=1S/C8H11N3O/c1-6-7(5-9-2)8(12-4)11(3)10-6/h5H2,1,3-4H3. The monoisotopic (exact) mass is 165 g/mol. The predicted molar refractivity (Wildman–Crippen MR) is 44.8 cm³/mol. The van der Waals surface area contributed by atoms with Crippen LogP contribution in [0.5, 0.6) is 5.88 Å². The molecule has 4 heteroatoms. The molecule has 0 saturated heterocycles. The number of nitrogens with zero attached hydrogens (tertiary/aromatic N) is 3. The third kappa shape index (κ3) is 1.26. The van der Waals surface area contributed by atoms with Gasteiger partial charge in [0.15, 0.2) is 0 Å². The molecule has 0 radical (unpaired) electrons. The van der Waals surface area contributed by atoms with Gasteiger partial charge < -0.3 is 9.58 Å². The van der Waals surface area contributed by atoms with Gasteiger partial charge in [0.1, 0.15) is 5.56 Å². The Hall–Kier alpha value is -1.50. The molecule has 0 aromatic carbocycles. The van der Waals surface area contributed by atoms with Crippen molar-refractivity contribution in [3.05, 3.63) is 22.7 Å². The molecule has 1 aromatic rings. The van der Waals surface area contributed by atoms with E-state index in [4.69, 9.17) is 11.3 Å². The van der Waals surface area contributed by atoms with Crippen molar-refractivity contribution in [3.63, 3.8) is 0 Å². The fourth-order valence-corrected chi connectivity index (χ4v) is 1.20. The normalized spacial score (nSPS) is 9.50. The Morgan fingerprint density at radius 3 is 2.83 bits per heavy atom. The molecule has 0 bridgehead atoms. The second kappa shape index (κ2) is 3.26. The van der Waals surface area contributed by atoms with Gasteiger partial charge in [0.05, 0.1) is 12.8 Å². The lowest BCUT2D eigenvalue weighted by molar-refractivity contribution is 0.370. The highest BCUT2D eigenvalue weighted by atomic mass is 16.5. The quantitative estimate of drug-likeness (QED) is 0.616. The number of rotatable bonds is 2. The summed E-state index contributed by atoms with van der Waals surface area (Å²) in [5, 5.41) is 4.15. The minimum Gasteiger partial charge on any atom is -0.481 e. The molecule has 0 aliphatic rings. The molecule has 1 aromatic heterocycles. The van der Waals surface area contributed by atoms with E-state index in [1.165, 1.54) is 0 Å². The van der Waals surface area contributed by atoms with Crippen molar-refractivity contribution in [3.8, 4) is 5.88 Å². The van der Waals surface area contributed by atoms with E-state index >= 15 is 0 Å². The lowest BCUT2D eigenvalue weighted by atomic mass is 10.2. The number of hydrogen-bond donors (Lipinski definition) is 0. The van der Waals surface area contributed by atoms with Gasteiger partial charge in [-0.25, -0.2) is 11.3 Å². The van der Waals surface area contributed by atoms with Gasteiger partial charge in [-0.1, -0.05) is 0 Å². The highest BCUT2D eigenvalue weighted by molar-refractivity contribution is 5.31. The maximum Gasteiger partial charge on any atom is 0.246 e. The lowest BCUT2D eigenvalue weighted by Crippen LogP contribution is -1.96.